The summed E-state index contributed by atoms with van der Waals surface area (Å²) in [6.45, 7) is 0. The maximum absolute atomic E-state index is 6.96. The molecule has 324 valence electrons. The Morgan fingerprint density at radius 3 is 1.39 bits per heavy atom. The average molecular weight is 879 g/mol. The molecule has 0 fully saturated rings. The Balaban J connectivity index is 1.00. The molecule has 12 aromatic rings. The maximum Gasteiger partial charge on any atom is 0.135 e. The molecular formula is C68H46O. The summed E-state index contributed by atoms with van der Waals surface area (Å²) >= 11 is 0. The highest BCUT2D eigenvalue weighted by atomic mass is 16.5. The lowest BCUT2D eigenvalue weighted by molar-refractivity contribution is 0.222. The monoisotopic (exact) mass is 878 g/mol. The summed E-state index contributed by atoms with van der Waals surface area (Å²) in [5.41, 5.74) is 18.0. The average Bonchev–Trinajstić information content (AvgIpc) is 3.82. The van der Waals surface area contributed by atoms with Gasteiger partial charge in [0, 0.05) is 5.56 Å². The second kappa shape index (κ2) is 17.1. The third-order valence-electron chi connectivity index (χ3n) is 14.3. The van der Waals surface area contributed by atoms with Crippen LogP contribution in [0.3, 0.4) is 0 Å². The topological polar surface area (TPSA) is 9.23 Å². The highest BCUT2D eigenvalue weighted by Gasteiger charge is 2.37. The van der Waals surface area contributed by atoms with Crippen molar-refractivity contribution >= 4 is 32.3 Å². The number of hydrogen-bond acceptors (Lipinski definition) is 1. The third-order valence-corrected chi connectivity index (χ3v) is 14.3. The van der Waals surface area contributed by atoms with E-state index in [-0.39, 0.29) is 12.0 Å². The molecule has 1 aliphatic rings. The van der Waals surface area contributed by atoms with Gasteiger partial charge >= 0.3 is 0 Å². The maximum atomic E-state index is 6.96. The van der Waals surface area contributed by atoms with Crippen molar-refractivity contribution in [2.45, 2.75) is 12.0 Å². The summed E-state index contributed by atoms with van der Waals surface area (Å²) in [5.74, 6) is 1.03. The highest BCUT2D eigenvalue weighted by molar-refractivity contribution is 6.22. The second-order valence-electron chi connectivity index (χ2n) is 18.3. The Hall–Kier alpha value is -8.78. The first-order valence-corrected chi connectivity index (χ1v) is 24.0. The van der Waals surface area contributed by atoms with Crippen molar-refractivity contribution in [1.29, 1.82) is 0 Å². The van der Waals surface area contributed by atoms with Gasteiger partial charge in [-0.15, -0.1) is 0 Å². The molecule has 2 unspecified atom stereocenters. The van der Waals surface area contributed by atoms with Crippen molar-refractivity contribution < 1.29 is 4.74 Å². The predicted molar refractivity (Wildman–Crippen MR) is 290 cm³/mol. The van der Waals surface area contributed by atoms with Gasteiger partial charge in [-0.25, -0.2) is 0 Å². The van der Waals surface area contributed by atoms with Crippen LogP contribution in [-0.2, 0) is 0 Å². The Labute approximate surface area is 403 Å². The zero-order valence-electron chi connectivity index (χ0n) is 38.0. The minimum atomic E-state index is -0.115. The summed E-state index contributed by atoms with van der Waals surface area (Å²) in [5, 5.41) is 7.38. The van der Waals surface area contributed by atoms with Crippen molar-refractivity contribution in [2.75, 3.05) is 0 Å². The van der Waals surface area contributed by atoms with Gasteiger partial charge in [-0.05, 0) is 134 Å². The van der Waals surface area contributed by atoms with Crippen LogP contribution in [0.5, 0.6) is 5.75 Å². The zero-order valence-corrected chi connectivity index (χ0v) is 38.0. The van der Waals surface area contributed by atoms with Crippen LogP contribution in [0, 0.1) is 0 Å². The van der Waals surface area contributed by atoms with E-state index in [1.807, 2.05) is 0 Å². The SMILES string of the molecule is c1ccc(-c2ccc3c(-c4cccc(-c5ccc6c(c5)OC(c5ccccc5)C6c5ccccc5)c4)c4cc(-c5ccccc5)ccc4c(-c4ccc(-c5cccc6ccccc56)cc4)c3c2)cc1. The minimum absolute atomic E-state index is 0.0919. The molecule has 0 aliphatic carbocycles. The molecule has 0 radical (unpaired) electrons. The fourth-order valence-corrected chi connectivity index (χ4v) is 11.0. The van der Waals surface area contributed by atoms with E-state index in [9.17, 15) is 0 Å². The Morgan fingerprint density at radius 1 is 0.261 bits per heavy atom. The fourth-order valence-electron chi connectivity index (χ4n) is 11.0. The summed E-state index contributed by atoms with van der Waals surface area (Å²) in [4.78, 5) is 0. The number of hydrogen-bond donors (Lipinski definition) is 0. The molecule has 0 N–H and O–H groups in total. The lowest BCUT2D eigenvalue weighted by atomic mass is 9.83. The number of rotatable bonds is 8. The van der Waals surface area contributed by atoms with E-state index in [0.717, 1.165) is 16.9 Å². The standard InChI is InChI=1S/C68H46O/c1-5-17-45(18-6-1)53-36-39-60-62(42-53)65(50-33-31-48(32-34-50)58-30-16-26-47-21-13-14-29-57(47)58)59-38-35-54(46-19-7-2-8-20-46)43-63(59)66(60)56-28-15-27-52(41-56)55-37-40-61-64(44-55)69-68(51-24-11-4-12-25-51)67(61)49-22-9-3-10-23-49/h1-44,67-68H. The van der Waals surface area contributed by atoms with Gasteiger partial charge in [0.1, 0.15) is 11.9 Å². The van der Waals surface area contributed by atoms with Gasteiger partial charge in [-0.1, -0.05) is 243 Å². The Morgan fingerprint density at radius 2 is 0.725 bits per heavy atom. The molecule has 2 atom stereocenters. The lowest BCUT2D eigenvalue weighted by Gasteiger charge is -2.20. The third kappa shape index (κ3) is 7.28. The van der Waals surface area contributed by atoms with Crippen LogP contribution in [0.1, 0.15) is 28.7 Å². The minimum Gasteiger partial charge on any atom is -0.484 e. The van der Waals surface area contributed by atoms with Crippen LogP contribution in [0.25, 0.3) is 99.1 Å². The van der Waals surface area contributed by atoms with Crippen LogP contribution in [-0.4, -0.2) is 0 Å². The summed E-state index contributed by atoms with van der Waals surface area (Å²) in [7, 11) is 0. The van der Waals surface area contributed by atoms with Gasteiger partial charge in [0.25, 0.3) is 0 Å². The van der Waals surface area contributed by atoms with Gasteiger partial charge < -0.3 is 4.74 Å². The van der Waals surface area contributed by atoms with Crippen LogP contribution >= 0.6 is 0 Å². The molecule has 0 amide bonds. The van der Waals surface area contributed by atoms with Gasteiger partial charge in [-0.3, -0.25) is 0 Å². The molecule has 0 saturated heterocycles. The van der Waals surface area contributed by atoms with E-state index in [2.05, 4.69) is 267 Å². The molecule has 12 aromatic carbocycles. The first kappa shape index (κ1) is 40.5. The van der Waals surface area contributed by atoms with E-state index in [1.54, 1.807) is 0 Å². The molecule has 1 heteroatoms. The molecule has 69 heavy (non-hydrogen) atoms. The van der Waals surface area contributed by atoms with Crippen LogP contribution in [0.2, 0.25) is 0 Å². The number of fused-ring (bicyclic) bond motifs is 4. The molecular weight excluding hydrogens is 833 g/mol. The van der Waals surface area contributed by atoms with Gasteiger partial charge in [0.2, 0.25) is 0 Å². The first-order chi connectivity index (χ1) is 34.2. The summed E-state index contributed by atoms with van der Waals surface area (Å²) in [6.07, 6.45) is -0.115. The van der Waals surface area contributed by atoms with E-state index in [0.29, 0.717) is 0 Å². The van der Waals surface area contributed by atoms with Crippen molar-refractivity contribution in [3.05, 3.63) is 284 Å². The van der Waals surface area contributed by atoms with Gasteiger partial charge in [0.05, 0.1) is 5.92 Å². The highest BCUT2D eigenvalue weighted by Crippen LogP contribution is 2.51. The molecule has 13 rings (SSSR count). The molecule has 0 aromatic heterocycles. The number of ether oxygens (including phenoxy) is 1. The molecule has 1 aliphatic heterocycles. The van der Waals surface area contributed by atoms with E-state index in [1.165, 1.54) is 105 Å². The zero-order chi connectivity index (χ0) is 45.7. The first-order valence-electron chi connectivity index (χ1n) is 24.0. The molecule has 0 saturated carbocycles. The smallest absolute Gasteiger partial charge is 0.135 e. The number of benzene rings is 12. The molecule has 1 heterocycles. The Bertz CT molecular complexity index is 3830. The quantitative estimate of drug-likeness (QED) is 0.138. The van der Waals surface area contributed by atoms with E-state index >= 15 is 0 Å². The molecule has 0 spiro atoms. The predicted octanol–water partition coefficient (Wildman–Crippen LogP) is 18.4. The second-order valence-corrected chi connectivity index (χ2v) is 18.3. The van der Waals surface area contributed by atoms with Gasteiger partial charge in [-0.2, -0.15) is 0 Å². The van der Waals surface area contributed by atoms with Crippen molar-refractivity contribution in [2.24, 2.45) is 0 Å². The normalized spacial score (nSPS) is 14.2. The van der Waals surface area contributed by atoms with Crippen molar-refractivity contribution in [1.82, 2.24) is 0 Å². The summed E-state index contributed by atoms with van der Waals surface area (Å²) in [6, 6.07) is 97.6. The van der Waals surface area contributed by atoms with Crippen molar-refractivity contribution in [3.8, 4) is 72.5 Å². The van der Waals surface area contributed by atoms with Crippen LogP contribution in [0.15, 0.2) is 267 Å². The van der Waals surface area contributed by atoms with Gasteiger partial charge in [0.15, 0.2) is 0 Å². The molecule has 0 bridgehead atoms. The van der Waals surface area contributed by atoms with Crippen LogP contribution < -0.4 is 4.74 Å². The van der Waals surface area contributed by atoms with Crippen LogP contribution in [0.4, 0.5) is 0 Å². The lowest BCUT2D eigenvalue weighted by Crippen LogP contribution is -2.11. The largest absolute Gasteiger partial charge is 0.484 e. The molecule has 1 nitrogen and oxygen atoms in total. The van der Waals surface area contributed by atoms with E-state index < -0.39 is 0 Å². The fraction of sp³-hybridized carbons (Fsp3) is 0.0294. The summed E-state index contributed by atoms with van der Waals surface area (Å²) < 4.78 is 6.96. The van der Waals surface area contributed by atoms with Crippen molar-refractivity contribution in [3.63, 3.8) is 0 Å². The Kier molecular flexibility index (Phi) is 10.1. The van der Waals surface area contributed by atoms with E-state index in [4.69, 9.17) is 4.74 Å².